The summed E-state index contributed by atoms with van der Waals surface area (Å²) >= 11 is 0. The number of carbonyl (C=O) groups is 5. The first-order valence-electron chi connectivity index (χ1n) is 12.2. The SMILES string of the molecule is CCC(C)C(NC(=O)C(CC(C)C)NC(=O)C(CCC(N)=O)NC(=O)C(N)CCCCN)C(=O)O. The maximum absolute atomic E-state index is 13.0. The number of hydrogen-bond donors (Lipinski definition) is 7. The Bertz CT molecular complexity index is 717. The van der Waals surface area contributed by atoms with Crippen molar-refractivity contribution in [1.82, 2.24) is 16.0 Å². The van der Waals surface area contributed by atoms with Gasteiger partial charge in [0.2, 0.25) is 23.6 Å². The fraction of sp³-hybridized carbons (Fsp3) is 0.783. The van der Waals surface area contributed by atoms with E-state index in [9.17, 15) is 29.1 Å². The summed E-state index contributed by atoms with van der Waals surface area (Å²) < 4.78 is 0. The third-order valence-electron chi connectivity index (χ3n) is 5.74. The van der Waals surface area contributed by atoms with E-state index in [2.05, 4.69) is 16.0 Å². The highest BCUT2D eigenvalue weighted by atomic mass is 16.4. The molecule has 5 atom stereocenters. The van der Waals surface area contributed by atoms with E-state index in [-0.39, 0.29) is 31.1 Å². The summed E-state index contributed by atoms with van der Waals surface area (Å²) in [5.41, 5.74) is 16.6. The number of carboxylic acid groups (broad SMARTS) is 1. The highest BCUT2D eigenvalue weighted by Crippen LogP contribution is 2.11. The molecule has 0 bridgehead atoms. The first kappa shape index (κ1) is 32.3. The molecule has 0 spiro atoms. The lowest BCUT2D eigenvalue weighted by Crippen LogP contribution is -2.58. The normalized spacial score (nSPS) is 15.4. The van der Waals surface area contributed by atoms with Gasteiger partial charge in [-0.2, -0.15) is 0 Å². The summed E-state index contributed by atoms with van der Waals surface area (Å²) in [6.07, 6.45) is 2.23. The summed E-state index contributed by atoms with van der Waals surface area (Å²) in [5, 5.41) is 17.1. The van der Waals surface area contributed by atoms with E-state index in [0.29, 0.717) is 32.2 Å². The number of unbranched alkanes of at least 4 members (excludes halogenated alkanes) is 1. The van der Waals surface area contributed by atoms with Gasteiger partial charge in [0.05, 0.1) is 6.04 Å². The van der Waals surface area contributed by atoms with E-state index in [4.69, 9.17) is 17.2 Å². The van der Waals surface area contributed by atoms with Gasteiger partial charge in [-0.1, -0.05) is 40.5 Å². The first-order valence-corrected chi connectivity index (χ1v) is 12.2. The van der Waals surface area contributed by atoms with Crippen LogP contribution >= 0.6 is 0 Å². The van der Waals surface area contributed by atoms with Crippen LogP contribution in [0.1, 0.15) is 72.6 Å². The quantitative estimate of drug-likeness (QED) is 0.119. The van der Waals surface area contributed by atoms with Crippen LogP contribution in [0, 0.1) is 11.8 Å². The number of hydrogen-bond acceptors (Lipinski definition) is 7. The first-order chi connectivity index (χ1) is 16.3. The van der Waals surface area contributed by atoms with Crippen molar-refractivity contribution in [3.8, 4) is 0 Å². The molecule has 202 valence electrons. The van der Waals surface area contributed by atoms with Crippen LogP contribution in [0.15, 0.2) is 0 Å². The van der Waals surface area contributed by atoms with E-state index < -0.39 is 53.8 Å². The van der Waals surface area contributed by atoms with Crippen LogP contribution in [0.25, 0.3) is 0 Å². The molecule has 0 rings (SSSR count). The average molecular weight is 501 g/mol. The Labute approximate surface area is 207 Å². The molecule has 0 saturated heterocycles. The number of rotatable bonds is 18. The molecule has 10 N–H and O–H groups in total. The highest BCUT2D eigenvalue weighted by molar-refractivity contribution is 5.94. The Morgan fingerprint density at radius 2 is 1.43 bits per heavy atom. The minimum atomic E-state index is -1.17. The van der Waals surface area contributed by atoms with Gasteiger partial charge >= 0.3 is 5.97 Å². The molecule has 0 aromatic carbocycles. The Morgan fingerprint density at radius 3 is 1.91 bits per heavy atom. The van der Waals surface area contributed by atoms with Gasteiger partial charge < -0.3 is 38.3 Å². The van der Waals surface area contributed by atoms with Crippen molar-refractivity contribution in [3.05, 3.63) is 0 Å². The van der Waals surface area contributed by atoms with Gasteiger partial charge in [-0.25, -0.2) is 4.79 Å². The second-order valence-corrected chi connectivity index (χ2v) is 9.36. The minimum Gasteiger partial charge on any atom is -0.480 e. The smallest absolute Gasteiger partial charge is 0.326 e. The molecule has 0 fully saturated rings. The number of carboxylic acids is 1. The third kappa shape index (κ3) is 13.1. The zero-order valence-corrected chi connectivity index (χ0v) is 21.3. The van der Waals surface area contributed by atoms with Crippen molar-refractivity contribution in [2.45, 2.75) is 96.8 Å². The monoisotopic (exact) mass is 500 g/mol. The third-order valence-corrected chi connectivity index (χ3v) is 5.74. The summed E-state index contributed by atoms with van der Waals surface area (Å²) in [7, 11) is 0. The maximum atomic E-state index is 13.0. The molecule has 0 saturated carbocycles. The zero-order valence-electron chi connectivity index (χ0n) is 21.3. The molecule has 0 aromatic rings. The summed E-state index contributed by atoms with van der Waals surface area (Å²) in [6, 6.07) is -4.18. The molecule has 0 aromatic heterocycles. The van der Waals surface area contributed by atoms with Gasteiger partial charge in [0.25, 0.3) is 0 Å². The standard InChI is InChI=1S/C23H44N6O6/c1-5-14(4)19(23(34)35)29-22(33)17(12-13(2)3)28-21(32)16(9-10-18(26)30)27-20(31)15(25)8-6-7-11-24/h13-17,19H,5-12,24-25H2,1-4H3,(H2,26,30)(H,27,31)(H,28,32)(H,29,33)(H,34,35). The Kier molecular flexibility index (Phi) is 15.5. The molecule has 0 aliphatic carbocycles. The minimum absolute atomic E-state index is 0.00689. The average Bonchev–Trinajstić information content (AvgIpc) is 2.78. The zero-order chi connectivity index (χ0) is 27.1. The lowest BCUT2D eigenvalue weighted by molar-refractivity contribution is -0.144. The number of amides is 4. The maximum Gasteiger partial charge on any atom is 0.326 e. The van der Waals surface area contributed by atoms with Crippen LogP contribution in [0.3, 0.4) is 0 Å². The van der Waals surface area contributed by atoms with Gasteiger partial charge in [-0.15, -0.1) is 0 Å². The molecule has 12 nitrogen and oxygen atoms in total. The fourth-order valence-corrected chi connectivity index (χ4v) is 3.39. The van der Waals surface area contributed by atoms with Gasteiger partial charge in [0.15, 0.2) is 0 Å². The number of primary amides is 1. The van der Waals surface area contributed by atoms with Crippen molar-refractivity contribution in [2.24, 2.45) is 29.0 Å². The lowest BCUT2D eigenvalue weighted by Gasteiger charge is -2.27. The van der Waals surface area contributed by atoms with Crippen LogP contribution < -0.4 is 33.2 Å². The number of carbonyl (C=O) groups excluding carboxylic acids is 4. The molecule has 12 heteroatoms. The van der Waals surface area contributed by atoms with Crippen molar-refractivity contribution in [3.63, 3.8) is 0 Å². The summed E-state index contributed by atoms with van der Waals surface area (Å²) in [6.45, 7) is 7.69. The summed E-state index contributed by atoms with van der Waals surface area (Å²) in [4.78, 5) is 61.4. The van der Waals surface area contributed by atoms with Gasteiger partial charge in [0.1, 0.15) is 18.1 Å². The Balaban J connectivity index is 5.54. The summed E-state index contributed by atoms with van der Waals surface area (Å²) in [5.74, 6) is -4.05. The van der Waals surface area contributed by atoms with Crippen LogP contribution in [0.2, 0.25) is 0 Å². The fourth-order valence-electron chi connectivity index (χ4n) is 3.39. The largest absolute Gasteiger partial charge is 0.480 e. The molecular weight excluding hydrogens is 456 g/mol. The Hall–Kier alpha value is -2.73. The van der Waals surface area contributed by atoms with Crippen LogP contribution in [-0.2, 0) is 24.0 Å². The molecule has 4 amide bonds. The number of nitrogens with two attached hydrogens (primary N) is 3. The van der Waals surface area contributed by atoms with Crippen LogP contribution in [0.5, 0.6) is 0 Å². The molecule has 0 radical (unpaired) electrons. The number of aliphatic carboxylic acids is 1. The van der Waals surface area contributed by atoms with Crippen molar-refractivity contribution < 1.29 is 29.1 Å². The van der Waals surface area contributed by atoms with Crippen molar-refractivity contribution in [2.75, 3.05) is 6.54 Å². The molecule has 0 aliphatic rings. The second kappa shape index (κ2) is 16.8. The van der Waals surface area contributed by atoms with Crippen LogP contribution in [-0.4, -0.2) is 65.4 Å². The van der Waals surface area contributed by atoms with E-state index >= 15 is 0 Å². The van der Waals surface area contributed by atoms with E-state index in [1.807, 2.05) is 20.8 Å². The number of nitrogens with one attached hydrogen (secondary N) is 3. The Morgan fingerprint density at radius 1 is 0.857 bits per heavy atom. The predicted octanol–water partition coefficient (Wildman–Crippen LogP) is -0.661. The van der Waals surface area contributed by atoms with E-state index in [1.54, 1.807) is 6.92 Å². The van der Waals surface area contributed by atoms with E-state index in [1.165, 1.54) is 0 Å². The molecule has 35 heavy (non-hydrogen) atoms. The van der Waals surface area contributed by atoms with Crippen LogP contribution in [0.4, 0.5) is 0 Å². The highest BCUT2D eigenvalue weighted by Gasteiger charge is 2.32. The van der Waals surface area contributed by atoms with Crippen molar-refractivity contribution in [1.29, 1.82) is 0 Å². The lowest BCUT2D eigenvalue weighted by atomic mass is 9.97. The molecule has 5 unspecified atom stereocenters. The van der Waals surface area contributed by atoms with Gasteiger partial charge in [-0.05, 0) is 44.1 Å². The van der Waals surface area contributed by atoms with Gasteiger partial charge in [0, 0.05) is 6.42 Å². The topological polar surface area (TPSA) is 220 Å². The second-order valence-electron chi connectivity index (χ2n) is 9.36. The molecule has 0 aliphatic heterocycles. The molecule has 0 heterocycles. The predicted molar refractivity (Wildman–Crippen MR) is 132 cm³/mol. The van der Waals surface area contributed by atoms with Gasteiger partial charge in [-0.3, -0.25) is 19.2 Å². The van der Waals surface area contributed by atoms with E-state index in [0.717, 1.165) is 0 Å². The van der Waals surface area contributed by atoms with Crippen molar-refractivity contribution >= 4 is 29.6 Å². The molecular formula is C23H44N6O6.